The number of benzene rings is 1. The van der Waals surface area contributed by atoms with E-state index in [0.29, 0.717) is 13.1 Å². The molecule has 0 unspecified atom stereocenters. The van der Waals surface area contributed by atoms with E-state index in [1.165, 1.54) is 6.07 Å². The Balaban J connectivity index is 1.24. The second kappa shape index (κ2) is 8.39. The molecule has 2 aromatic rings. The van der Waals surface area contributed by atoms with E-state index in [-0.39, 0.29) is 16.9 Å². The molecule has 2 aliphatic rings. The van der Waals surface area contributed by atoms with Gasteiger partial charge in [0.1, 0.15) is 11.6 Å². The topological polar surface area (TPSA) is 76.2 Å². The third-order valence-electron chi connectivity index (χ3n) is 5.98. The summed E-state index contributed by atoms with van der Waals surface area (Å²) in [7, 11) is 1.74. The molecule has 0 bridgehead atoms. The maximum absolute atomic E-state index is 13.6. The fourth-order valence-corrected chi connectivity index (χ4v) is 4.04. The SMILES string of the molecule is CN=C(NCCCn1nc2n(c1=O)CCCC2)NCC1(c2cccc(F)c2)CC1. The first-order valence-electron chi connectivity index (χ1n) is 10.5. The lowest BCUT2D eigenvalue weighted by atomic mass is 9.96. The maximum Gasteiger partial charge on any atom is 0.345 e. The predicted octanol–water partition coefficient (Wildman–Crippen LogP) is 1.81. The summed E-state index contributed by atoms with van der Waals surface area (Å²) in [6.07, 6.45) is 5.94. The van der Waals surface area contributed by atoms with Crippen LogP contribution in [0.2, 0.25) is 0 Å². The summed E-state index contributed by atoms with van der Waals surface area (Å²) in [6.45, 7) is 2.80. The molecule has 2 heterocycles. The highest BCUT2D eigenvalue weighted by Crippen LogP contribution is 2.47. The predicted molar refractivity (Wildman–Crippen MR) is 111 cm³/mol. The number of guanidine groups is 1. The van der Waals surface area contributed by atoms with Crippen LogP contribution in [-0.2, 0) is 24.9 Å². The van der Waals surface area contributed by atoms with Crippen LogP contribution in [0.4, 0.5) is 4.39 Å². The monoisotopic (exact) mass is 400 g/mol. The molecule has 0 radical (unpaired) electrons. The van der Waals surface area contributed by atoms with Crippen LogP contribution in [0, 0.1) is 5.82 Å². The number of aliphatic imine (C=N–C) groups is 1. The summed E-state index contributed by atoms with van der Waals surface area (Å²) in [6, 6.07) is 6.88. The Morgan fingerprint density at radius 1 is 1.31 bits per heavy atom. The molecule has 1 aromatic heterocycles. The van der Waals surface area contributed by atoms with Crippen molar-refractivity contribution in [1.29, 1.82) is 0 Å². The van der Waals surface area contributed by atoms with Gasteiger partial charge in [-0.15, -0.1) is 0 Å². The summed E-state index contributed by atoms with van der Waals surface area (Å²) in [4.78, 5) is 16.6. The lowest BCUT2D eigenvalue weighted by molar-refractivity contribution is 0.509. The minimum atomic E-state index is -0.188. The van der Waals surface area contributed by atoms with Gasteiger partial charge in [0.25, 0.3) is 0 Å². The molecule has 1 saturated carbocycles. The van der Waals surface area contributed by atoms with Crippen molar-refractivity contribution in [2.45, 2.75) is 57.0 Å². The van der Waals surface area contributed by atoms with E-state index < -0.39 is 0 Å². The van der Waals surface area contributed by atoms with E-state index in [9.17, 15) is 9.18 Å². The number of nitrogens with zero attached hydrogens (tertiary/aromatic N) is 4. The molecule has 8 heteroatoms. The highest BCUT2D eigenvalue weighted by atomic mass is 19.1. The van der Waals surface area contributed by atoms with Gasteiger partial charge < -0.3 is 10.6 Å². The lowest BCUT2D eigenvalue weighted by Gasteiger charge is -2.19. The fourth-order valence-electron chi connectivity index (χ4n) is 4.04. The van der Waals surface area contributed by atoms with Crippen LogP contribution in [0.1, 0.15) is 43.5 Å². The van der Waals surface area contributed by atoms with Crippen molar-refractivity contribution in [3.05, 3.63) is 52.0 Å². The third-order valence-corrected chi connectivity index (χ3v) is 5.98. The Hall–Kier alpha value is -2.64. The van der Waals surface area contributed by atoms with Crippen molar-refractivity contribution >= 4 is 5.96 Å². The number of halogens is 1. The molecule has 4 rings (SSSR count). The molecule has 1 aliphatic carbocycles. The molecular formula is C21H29FN6O. The van der Waals surface area contributed by atoms with E-state index in [1.807, 2.05) is 6.07 Å². The Morgan fingerprint density at radius 3 is 2.90 bits per heavy atom. The normalized spacial score (nSPS) is 17.7. The zero-order valence-corrected chi connectivity index (χ0v) is 17.0. The Kier molecular flexibility index (Phi) is 5.69. The molecule has 0 atom stereocenters. The van der Waals surface area contributed by atoms with Crippen molar-refractivity contribution in [3.63, 3.8) is 0 Å². The number of nitrogens with one attached hydrogen (secondary N) is 2. The van der Waals surface area contributed by atoms with Crippen LogP contribution >= 0.6 is 0 Å². The second-order valence-corrected chi connectivity index (χ2v) is 8.03. The van der Waals surface area contributed by atoms with Gasteiger partial charge in [0.15, 0.2) is 5.96 Å². The minimum absolute atomic E-state index is 0.00251. The molecule has 7 nitrogen and oxygen atoms in total. The van der Waals surface area contributed by atoms with Crippen molar-refractivity contribution in [2.24, 2.45) is 4.99 Å². The zero-order valence-electron chi connectivity index (χ0n) is 17.0. The van der Waals surface area contributed by atoms with Crippen LogP contribution in [0.15, 0.2) is 34.1 Å². The summed E-state index contributed by atoms with van der Waals surface area (Å²) in [5, 5.41) is 11.1. The molecule has 0 spiro atoms. The number of rotatable bonds is 7. The van der Waals surface area contributed by atoms with Gasteiger partial charge in [-0.3, -0.25) is 9.56 Å². The summed E-state index contributed by atoms with van der Waals surface area (Å²) in [5.41, 5.74) is 1.05. The van der Waals surface area contributed by atoms with E-state index >= 15 is 0 Å². The van der Waals surface area contributed by atoms with Crippen LogP contribution in [0.3, 0.4) is 0 Å². The number of aryl methyl sites for hydroxylation is 2. The van der Waals surface area contributed by atoms with Crippen molar-refractivity contribution in [2.75, 3.05) is 20.1 Å². The second-order valence-electron chi connectivity index (χ2n) is 8.03. The molecule has 29 heavy (non-hydrogen) atoms. The summed E-state index contributed by atoms with van der Waals surface area (Å²) in [5.74, 6) is 1.45. The average Bonchev–Trinajstić information content (AvgIpc) is 3.47. The Bertz CT molecular complexity index is 943. The fraction of sp³-hybridized carbons (Fsp3) is 0.571. The smallest absolute Gasteiger partial charge is 0.345 e. The summed E-state index contributed by atoms with van der Waals surface area (Å²) >= 11 is 0. The van der Waals surface area contributed by atoms with E-state index in [4.69, 9.17) is 0 Å². The standard InChI is InChI=1S/C21H29FN6O/c1-23-19(25-15-21(9-10-21)16-6-4-7-17(22)14-16)24-11-5-13-28-20(29)27-12-3-2-8-18(27)26-28/h4,6-7,14H,2-3,5,8-13,15H2,1H3,(H2,23,24,25). The molecule has 1 fully saturated rings. The van der Waals surface area contributed by atoms with Gasteiger partial charge in [-0.05, 0) is 49.8 Å². The highest BCUT2D eigenvalue weighted by molar-refractivity contribution is 5.79. The van der Waals surface area contributed by atoms with Gasteiger partial charge in [-0.1, -0.05) is 12.1 Å². The van der Waals surface area contributed by atoms with E-state index in [2.05, 4.69) is 20.7 Å². The van der Waals surface area contributed by atoms with Gasteiger partial charge in [0, 0.05) is 45.1 Å². The van der Waals surface area contributed by atoms with E-state index in [0.717, 1.165) is 69.0 Å². The largest absolute Gasteiger partial charge is 0.356 e. The molecule has 0 saturated heterocycles. The summed E-state index contributed by atoms with van der Waals surface area (Å²) < 4.78 is 16.9. The van der Waals surface area contributed by atoms with Gasteiger partial charge in [0.05, 0.1) is 0 Å². The van der Waals surface area contributed by atoms with Gasteiger partial charge in [0.2, 0.25) is 0 Å². The molecular weight excluding hydrogens is 371 g/mol. The third kappa shape index (κ3) is 4.36. The first-order chi connectivity index (χ1) is 14.1. The van der Waals surface area contributed by atoms with Crippen LogP contribution in [-0.4, -0.2) is 40.4 Å². The maximum atomic E-state index is 13.6. The first kappa shape index (κ1) is 19.7. The Labute approximate surface area is 170 Å². The molecule has 2 N–H and O–H groups in total. The Morgan fingerprint density at radius 2 is 2.17 bits per heavy atom. The van der Waals surface area contributed by atoms with Crippen molar-refractivity contribution in [1.82, 2.24) is 25.0 Å². The number of hydrogen-bond acceptors (Lipinski definition) is 3. The quantitative estimate of drug-likeness (QED) is 0.422. The van der Waals surface area contributed by atoms with E-state index in [1.54, 1.807) is 28.4 Å². The minimum Gasteiger partial charge on any atom is -0.356 e. The van der Waals surface area contributed by atoms with Gasteiger partial charge in [-0.2, -0.15) is 5.10 Å². The molecule has 156 valence electrons. The van der Waals surface area contributed by atoms with Gasteiger partial charge in [-0.25, -0.2) is 13.9 Å². The molecule has 1 aliphatic heterocycles. The van der Waals surface area contributed by atoms with Crippen molar-refractivity contribution in [3.8, 4) is 0 Å². The van der Waals surface area contributed by atoms with Crippen LogP contribution in [0.5, 0.6) is 0 Å². The highest BCUT2D eigenvalue weighted by Gasteiger charge is 2.44. The van der Waals surface area contributed by atoms with Crippen molar-refractivity contribution < 1.29 is 4.39 Å². The lowest BCUT2D eigenvalue weighted by Crippen LogP contribution is -2.41. The van der Waals surface area contributed by atoms with Gasteiger partial charge >= 0.3 is 5.69 Å². The number of hydrogen-bond donors (Lipinski definition) is 2. The zero-order chi connectivity index (χ0) is 20.3. The number of aromatic nitrogens is 3. The molecule has 0 amide bonds. The first-order valence-corrected chi connectivity index (χ1v) is 10.5. The van der Waals surface area contributed by atoms with Crippen LogP contribution in [0.25, 0.3) is 0 Å². The molecule has 1 aromatic carbocycles. The average molecular weight is 401 g/mol. The van der Waals surface area contributed by atoms with Crippen LogP contribution < -0.4 is 16.3 Å². The number of fused-ring (bicyclic) bond motifs is 1.